The summed E-state index contributed by atoms with van der Waals surface area (Å²) in [4.78, 5) is 15.7. The molecule has 0 aromatic heterocycles. The molecule has 0 fully saturated rings. The molecule has 1 aliphatic rings. The van der Waals surface area contributed by atoms with Gasteiger partial charge in [0.2, 0.25) is 0 Å². The quantitative estimate of drug-likeness (QED) is 0.733. The van der Waals surface area contributed by atoms with E-state index < -0.39 is 8.32 Å². The van der Waals surface area contributed by atoms with Crippen LogP contribution >= 0.6 is 0 Å². The van der Waals surface area contributed by atoms with Gasteiger partial charge in [0.25, 0.3) is 0 Å². The van der Waals surface area contributed by atoms with Crippen LogP contribution in [0.4, 0.5) is 0 Å². The van der Waals surface area contributed by atoms with Crippen molar-refractivity contribution in [2.75, 3.05) is 13.2 Å². The third-order valence-corrected chi connectivity index (χ3v) is 8.37. The lowest BCUT2D eigenvalue weighted by Crippen LogP contribution is -2.42. The standard InChI is InChI=1S/C14H25NO2Si/c1-7-11-8-12(16)9-15-13(11)10-17-18(5,6)14(2,3)4/h8H,7,9-10H2,1-6H3. The van der Waals surface area contributed by atoms with Crippen molar-refractivity contribution in [3.63, 3.8) is 0 Å². The van der Waals surface area contributed by atoms with E-state index in [4.69, 9.17) is 4.43 Å². The van der Waals surface area contributed by atoms with E-state index in [9.17, 15) is 4.79 Å². The topological polar surface area (TPSA) is 38.7 Å². The molecule has 0 radical (unpaired) electrons. The van der Waals surface area contributed by atoms with Crippen LogP contribution in [-0.4, -0.2) is 33.0 Å². The van der Waals surface area contributed by atoms with Crippen LogP contribution in [0.25, 0.3) is 0 Å². The number of hydrogen-bond donors (Lipinski definition) is 0. The molecule has 0 amide bonds. The second-order valence-corrected chi connectivity index (χ2v) is 11.1. The minimum absolute atomic E-state index is 0.0999. The molecule has 0 saturated carbocycles. The Kier molecular flexibility index (Phi) is 4.67. The van der Waals surface area contributed by atoms with Crippen LogP contribution < -0.4 is 0 Å². The van der Waals surface area contributed by atoms with E-state index in [1.165, 1.54) is 0 Å². The average molecular weight is 267 g/mol. The van der Waals surface area contributed by atoms with Crippen molar-refractivity contribution < 1.29 is 9.22 Å². The van der Waals surface area contributed by atoms with Crippen molar-refractivity contribution in [1.29, 1.82) is 0 Å². The highest BCUT2D eigenvalue weighted by Crippen LogP contribution is 2.36. The van der Waals surface area contributed by atoms with Crippen molar-refractivity contribution in [3.8, 4) is 0 Å². The molecule has 1 aliphatic heterocycles. The summed E-state index contributed by atoms with van der Waals surface area (Å²) >= 11 is 0. The number of dihydropyridines is 1. The highest BCUT2D eigenvalue weighted by molar-refractivity contribution is 6.74. The van der Waals surface area contributed by atoms with Crippen molar-refractivity contribution in [2.45, 2.75) is 52.2 Å². The van der Waals surface area contributed by atoms with Crippen LogP contribution in [0.2, 0.25) is 18.1 Å². The molecule has 1 heterocycles. The molecular weight excluding hydrogens is 242 g/mol. The Morgan fingerprint density at radius 3 is 2.50 bits per heavy atom. The first-order chi connectivity index (χ1) is 8.17. The Morgan fingerprint density at radius 2 is 2.00 bits per heavy atom. The van der Waals surface area contributed by atoms with E-state index in [0.29, 0.717) is 6.61 Å². The van der Waals surface area contributed by atoms with E-state index in [2.05, 4.69) is 38.9 Å². The van der Waals surface area contributed by atoms with Crippen LogP contribution in [0, 0.1) is 0 Å². The zero-order valence-corrected chi connectivity index (χ0v) is 13.5. The van der Waals surface area contributed by atoms with Crippen LogP contribution in [0.1, 0.15) is 34.1 Å². The van der Waals surface area contributed by atoms with E-state index in [1.807, 2.05) is 6.92 Å². The highest BCUT2D eigenvalue weighted by atomic mass is 28.4. The van der Waals surface area contributed by atoms with Crippen molar-refractivity contribution in [2.24, 2.45) is 4.99 Å². The number of aliphatic imine (C=N–C) groups is 1. The van der Waals surface area contributed by atoms with E-state index in [-0.39, 0.29) is 17.4 Å². The monoisotopic (exact) mass is 267 g/mol. The van der Waals surface area contributed by atoms with Gasteiger partial charge in [0.15, 0.2) is 14.1 Å². The summed E-state index contributed by atoms with van der Waals surface area (Å²) < 4.78 is 6.16. The Morgan fingerprint density at radius 1 is 1.39 bits per heavy atom. The molecule has 0 N–H and O–H groups in total. The molecule has 0 aromatic carbocycles. The first-order valence-corrected chi connectivity index (χ1v) is 9.49. The maximum atomic E-state index is 11.3. The fraction of sp³-hybridized carbons (Fsp3) is 0.714. The van der Waals surface area contributed by atoms with Crippen LogP contribution in [-0.2, 0) is 9.22 Å². The van der Waals surface area contributed by atoms with Crippen LogP contribution in [0.15, 0.2) is 16.6 Å². The predicted molar refractivity (Wildman–Crippen MR) is 78.8 cm³/mol. The zero-order valence-electron chi connectivity index (χ0n) is 12.5. The smallest absolute Gasteiger partial charge is 0.192 e. The largest absolute Gasteiger partial charge is 0.411 e. The maximum Gasteiger partial charge on any atom is 0.192 e. The van der Waals surface area contributed by atoms with Crippen LogP contribution in [0.5, 0.6) is 0 Å². The molecule has 0 aliphatic carbocycles. The fourth-order valence-electron chi connectivity index (χ4n) is 1.51. The van der Waals surface area contributed by atoms with E-state index in [0.717, 1.165) is 17.7 Å². The second-order valence-electron chi connectivity index (χ2n) is 6.30. The first-order valence-electron chi connectivity index (χ1n) is 6.58. The summed E-state index contributed by atoms with van der Waals surface area (Å²) in [5.41, 5.74) is 1.99. The van der Waals surface area contributed by atoms with Crippen LogP contribution in [0.3, 0.4) is 0 Å². The molecule has 0 atom stereocenters. The minimum atomic E-state index is -1.74. The molecule has 1 rings (SSSR count). The molecule has 18 heavy (non-hydrogen) atoms. The van der Waals surface area contributed by atoms with Gasteiger partial charge >= 0.3 is 0 Å². The highest BCUT2D eigenvalue weighted by Gasteiger charge is 2.37. The molecular formula is C14H25NO2Si. The van der Waals surface area contributed by atoms with Crippen molar-refractivity contribution in [3.05, 3.63) is 11.6 Å². The Labute approximate surface area is 111 Å². The first kappa shape index (κ1) is 15.3. The molecule has 4 heteroatoms. The number of rotatable bonds is 4. The van der Waals surface area contributed by atoms with E-state index >= 15 is 0 Å². The maximum absolute atomic E-state index is 11.3. The molecule has 0 spiro atoms. The van der Waals surface area contributed by atoms with Crippen molar-refractivity contribution >= 4 is 19.8 Å². The van der Waals surface area contributed by atoms with E-state index in [1.54, 1.807) is 6.08 Å². The number of nitrogens with zero attached hydrogens (tertiary/aromatic N) is 1. The lowest BCUT2D eigenvalue weighted by molar-refractivity contribution is -0.113. The predicted octanol–water partition coefficient (Wildman–Crippen LogP) is 3.37. The molecule has 0 saturated heterocycles. The van der Waals surface area contributed by atoms with Gasteiger partial charge in [-0.3, -0.25) is 9.79 Å². The molecule has 0 aromatic rings. The molecule has 102 valence electrons. The zero-order chi connectivity index (χ0) is 14.0. The van der Waals surface area contributed by atoms with Gasteiger partial charge in [0.1, 0.15) is 6.54 Å². The van der Waals surface area contributed by atoms with Gasteiger partial charge < -0.3 is 4.43 Å². The summed E-state index contributed by atoms with van der Waals surface area (Å²) in [6.45, 7) is 14.0. The lowest BCUT2D eigenvalue weighted by atomic mass is 10.0. The fourth-order valence-corrected chi connectivity index (χ4v) is 2.44. The minimum Gasteiger partial charge on any atom is -0.411 e. The van der Waals surface area contributed by atoms with Gasteiger partial charge in [0.05, 0.1) is 12.3 Å². The van der Waals surface area contributed by atoms with Gasteiger partial charge in [-0.25, -0.2) is 0 Å². The Hall–Kier alpha value is -0.743. The molecule has 3 nitrogen and oxygen atoms in total. The SMILES string of the molecule is CCC1=CC(=O)CN=C1CO[Si](C)(C)C(C)(C)C. The summed E-state index contributed by atoms with van der Waals surface area (Å²) in [6.07, 6.45) is 2.56. The summed E-state index contributed by atoms with van der Waals surface area (Å²) in [6, 6.07) is 0. The van der Waals surface area contributed by atoms with Gasteiger partial charge in [-0.15, -0.1) is 0 Å². The number of ketones is 1. The van der Waals surface area contributed by atoms with Gasteiger partial charge in [-0.2, -0.15) is 0 Å². The number of carbonyl (C=O) groups excluding carboxylic acids is 1. The van der Waals surface area contributed by atoms with Crippen molar-refractivity contribution in [1.82, 2.24) is 0 Å². The van der Waals surface area contributed by atoms with Gasteiger partial charge in [-0.05, 0) is 36.2 Å². The average Bonchev–Trinajstić information content (AvgIpc) is 2.25. The van der Waals surface area contributed by atoms with Gasteiger partial charge in [-0.1, -0.05) is 27.7 Å². The summed E-state index contributed by atoms with van der Waals surface area (Å²) in [7, 11) is -1.74. The second kappa shape index (κ2) is 5.49. The molecule has 0 unspecified atom stereocenters. The summed E-state index contributed by atoms with van der Waals surface area (Å²) in [5.74, 6) is 0.0999. The molecule has 0 bridgehead atoms. The van der Waals surface area contributed by atoms with Gasteiger partial charge in [0, 0.05) is 0 Å². The Balaban J connectivity index is 2.70. The number of hydrogen-bond acceptors (Lipinski definition) is 3. The number of carbonyl (C=O) groups is 1. The lowest BCUT2D eigenvalue weighted by Gasteiger charge is -2.36. The summed E-state index contributed by atoms with van der Waals surface area (Å²) in [5, 5.41) is 0.203. The third-order valence-electron chi connectivity index (χ3n) is 3.89. The third kappa shape index (κ3) is 3.62. The Bertz CT molecular complexity index is 389. The normalized spacial score (nSPS) is 17.6.